The van der Waals surface area contributed by atoms with Crippen LogP contribution in [0, 0.1) is 5.41 Å². The molecule has 17 heavy (non-hydrogen) atoms. The number of carbonyl (C=O) groups excluding carboxylic acids is 2. The number of ether oxygens (including phenoxy) is 1. The first kappa shape index (κ1) is 13.2. The fourth-order valence-corrected chi connectivity index (χ4v) is 1.50. The van der Waals surface area contributed by atoms with Gasteiger partial charge in [-0.25, -0.2) is 0 Å². The van der Waals surface area contributed by atoms with Crippen molar-refractivity contribution in [2.24, 2.45) is 5.41 Å². The lowest BCUT2D eigenvalue weighted by Gasteiger charge is -2.20. The summed E-state index contributed by atoms with van der Waals surface area (Å²) in [5.41, 5.74) is -0.372. The number of methoxy groups -OCH3 is 1. The van der Waals surface area contributed by atoms with Crippen LogP contribution in [0.4, 0.5) is 0 Å². The molecule has 4 nitrogen and oxygen atoms in total. The molecule has 0 aromatic heterocycles. The molecule has 0 aliphatic carbocycles. The Morgan fingerprint density at radius 2 is 1.76 bits per heavy atom. The first-order valence-corrected chi connectivity index (χ1v) is 5.27. The van der Waals surface area contributed by atoms with E-state index in [0.717, 1.165) is 0 Å². The van der Waals surface area contributed by atoms with Crippen molar-refractivity contribution in [2.45, 2.75) is 20.3 Å². The van der Waals surface area contributed by atoms with Crippen LogP contribution in [-0.2, 0) is 9.53 Å². The standard InChI is InChI=1S/C13H16O4/c1-13(2,12(16)17-3)8-11(15)9-4-6-10(14)7-5-9/h4-7,14H,8H2,1-3H3. The van der Waals surface area contributed by atoms with Gasteiger partial charge in [0.25, 0.3) is 0 Å². The van der Waals surface area contributed by atoms with Crippen molar-refractivity contribution in [3.05, 3.63) is 29.8 Å². The van der Waals surface area contributed by atoms with Crippen LogP contribution in [-0.4, -0.2) is 24.0 Å². The van der Waals surface area contributed by atoms with E-state index >= 15 is 0 Å². The maximum atomic E-state index is 11.9. The first-order chi connectivity index (χ1) is 7.86. The van der Waals surface area contributed by atoms with Crippen LogP contribution >= 0.6 is 0 Å². The minimum absolute atomic E-state index is 0.0739. The fraction of sp³-hybridized carbons (Fsp3) is 0.385. The average Bonchev–Trinajstić information content (AvgIpc) is 2.28. The van der Waals surface area contributed by atoms with Gasteiger partial charge < -0.3 is 9.84 Å². The third kappa shape index (κ3) is 3.31. The molecule has 0 spiro atoms. The Balaban J connectivity index is 2.79. The van der Waals surface area contributed by atoms with Gasteiger partial charge in [-0.3, -0.25) is 9.59 Å². The summed E-state index contributed by atoms with van der Waals surface area (Å²) in [5, 5.41) is 9.11. The second kappa shape index (κ2) is 4.99. The molecule has 1 aromatic carbocycles. The highest BCUT2D eigenvalue weighted by Gasteiger charge is 2.31. The quantitative estimate of drug-likeness (QED) is 0.642. The molecule has 0 unspecified atom stereocenters. The number of carbonyl (C=O) groups is 2. The van der Waals surface area contributed by atoms with Gasteiger partial charge in [0.2, 0.25) is 0 Å². The van der Waals surface area contributed by atoms with E-state index in [4.69, 9.17) is 5.11 Å². The minimum Gasteiger partial charge on any atom is -0.508 e. The molecule has 0 heterocycles. The lowest BCUT2D eigenvalue weighted by atomic mass is 9.85. The number of hydrogen-bond donors (Lipinski definition) is 1. The summed E-state index contributed by atoms with van der Waals surface area (Å²) in [6.07, 6.45) is 0.0739. The molecule has 1 N–H and O–H groups in total. The van der Waals surface area contributed by atoms with Crippen LogP contribution in [0.5, 0.6) is 5.75 Å². The summed E-state index contributed by atoms with van der Waals surface area (Å²) in [6, 6.07) is 5.95. The van der Waals surface area contributed by atoms with E-state index in [1.807, 2.05) is 0 Å². The van der Waals surface area contributed by atoms with Crippen molar-refractivity contribution in [2.75, 3.05) is 7.11 Å². The van der Waals surface area contributed by atoms with E-state index in [1.165, 1.54) is 31.4 Å². The number of hydrogen-bond acceptors (Lipinski definition) is 4. The molecule has 0 saturated carbocycles. The topological polar surface area (TPSA) is 63.6 Å². The molecule has 0 aliphatic heterocycles. The molecule has 0 bridgehead atoms. The molecule has 4 heteroatoms. The van der Waals surface area contributed by atoms with Gasteiger partial charge in [-0.05, 0) is 38.1 Å². The predicted molar refractivity (Wildman–Crippen MR) is 62.9 cm³/mol. The Bertz CT molecular complexity index is 418. The number of benzene rings is 1. The van der Waals surface area contributed by atoms with Gasteiger partial charge in [0, 0.05) is 12.0 Å². The number of ketones is 1. The fourth-order valence-electron chi connectivity index (χ4n) is 1.50. The number of phenols is 1. The number of rotatable bonds is 4. The normalized spacial score (nSPS) is 11.0. The van der Waals surface area contributed by atoms with Gasteiger partial charge in [0.15, 0.2) is 5.78 Å². The number of Topliss-reactive ketones (excluding diaryl/α,β-unsaturated/α-hetero) is 1. The third-order valence-electron chi connectivity index (χ3n) is 2.53. The van der Waals surface area contributed by atoms with E-state index < -0.39 is 11.4 Å². The summed E-state index contributed by atoms with van der Waals surface area (Å²) in [4.78, 5) is 23.3. The smallest absolute Gasteiger partial charge is 0.311 e. The van der Waals surface area contributed by atoms with E-state index in [9.17, 15) is 9.59 Å². The van der Waals surface area contributed by atoms with Crippen LogP contribution in [0.3, 0.4) is 0 Å². The van der Waals surface area contributed by atoms with Crippen molar-refractivity contribution in [1.82, 2.24) is 0 Å². The molecule has 0 saturated heterocycles. The molecule has 0 atom stereocenters. The minimum atomic E-state index is -0.844. The Hall–Kier alpha value is -1.84. The van der Waals surface area contributed by atoms with Crippen molar-refractivity contribution in [1.29, 1.82) is 0 Å². The monoisotopic (exact) mass is 236 g/mol. The molecule has 0 aliphatic rings. The maximum absolute atomic E-state index is 11.9. The Morgan fingerprint density at radius 1 is 1.24 bits per heavy atom. The van der Waals surface area contributed by atoms with Crippen molar-refractivity contribution < 1.29 is 19.4 Å². The Labute approximate surface area is 100 Å². The van der Waals surface area contributed by atoms with Gasteiger partial charge in [-0.1, -0.05) is 0 Å². The second-order valence-electron chi connectivity index (χ2n) is 4.52. The van der Waals surface area contributed by atoms with Crippen molar-refractivity contribution in [3.8, 4) is 5.75 Å². The van der Waals surface area contributed by atoms with Gasteiger partial charge in [-0.15, -0.1) is 0 Å². The highest BCUT2D eigenvalue weighted by molar-refractivity contribution is 5.98. The van der Waals surface area contributed by atoms with Gasteiger partial charge in [0.1, 0.15) is 5.75 Å². The predicted octanol–water partition coefficient (Wildman–Crippen LogP) is 2.16. The third-order valence-corrected chi connectivity index (χ3v) is 2.53. The first-order valence-electron chi connectivity index (χ1n) is 5.27. The van der Waals surface area contributed by atoms with Crippen LogP contribution < -0.4 is 0 Å². The zero-order chi connectivity index (χ0) is 13.1. The molecule has 0 amide bonds. The summed E-state index contributed by atoms with van der Waals surface area (Å²) in [6.45, 7) is 3.33. The molecular formula is C13H16O4. The number of esters is 1. The second-order valence-corrected chi connectivity index (χ2v) is 4.52. The summed E-state index contributed by atoms with van der Waals surface area (Å²) in [5.74, 6) is -0.459. The summed E-state index contributed by atoms with van der Waals surface area (Å²) >= 11 is 0. The van der Waals surface area contributed by atoms with Gasteiger partial charge in [0.05, 0.1) is 12.5 Å². The molecular weight excluding hydrogens is 220 g/mol. The van der Waals surface area contributed by atoms with E-state index in [2.05, 4.69) is 4.74 Å². The number of phenolic OH excluding ortho intramolecular Hbond substituents is 1. The lowest BCUT2D eigenvalue weighted by Crippen LogP contribution is -2.28. The highest BCUT2D eigenvalue weighted by Crippen LogP contribution is 2.25. The SMILES string of the molecule is COC(=O)C(C)(C)CC(=O)c1ccc(O)cc1. The van der Waals surface area contributed by atoms with E-state index in [-0.39, 0.29) is 18.0 Å². The molecule has 0 fully saturated rings. The van der Waals surface area contributed by atoms with E-state index in [1.54, 1.807) is 13.8 Å². The summed E-state index contributed by atoms with van der Waals surface area (Å²) < 4.78 is 4.64. The van der Waals surface area contributed by atoms with Crippen LogP contribution in [0.2, 0.25) is 0 Å². The average molecular weight is 236 g/mol. The molecule has 1 rings (SSSR count). The maximum Gasteiger partial charge on any atom is 0.311 e. The van der Waals surface area contributed by atoms with Crippen molar-refractivity contribution in [3.63, 3.8) is 0 Å². The number of aromatic hydroxyl groups is 1. The Morgan fingerprint density at radius 3 is 2.24 bits per heavy atom. The highest BCUT2D eigenvalue weighted by atomic mass is 16.5. The molecule has 0 radical (unpaired) electrons. The van der Waals surface area contributed by atoms with Crippen LogP contribution in [0.25, 0.3) is 0 Å². The lowest BCUT2D eigenvalue weighted by molar-refractivity contribution is -0.150. The van der Waals surface area contributed by atoms with E-state index in [0.29, 0.717) is 5.56 Å². The van der Waals surface area contributed by atoms with Crippen molar-refractivity contribution >= 4 is 11.8 Å². The molecule has 1 aromatic rings. The zero-order valence-electron chi connectivity index (χ0n) is 10.2. The van der Waals surface area contributed by atoms with Crippen LogP contribution in [0.15, 0.2) is 24.3 Å². The Kier molecular flexibility index (Phi) is 3.89. The largest absolute Gasteiger partial charge is 0.508 e. The van der Waals surface area contributed by atoms with Gasteiger partial charge >= 0.3 is 5.97 Å². The zero-order valence-corrected chi connectivity index (χ0v) is 10.2. The summed E-state index contributed by atoms with van der Waals surface area (Å²) in [7, 11) is 1.30. The molecule has 92 valence electrons. The van der Waals surface area contributed by atoms with Crippen LogP contribution in [0.1, 0.15) is 30.6 Å². The van der Waals surface area contributed by atoms with Gasteiger partial charge in [-0.2, -0.15) is 0 Å².